The van der Waals surface area contributed by atoms with Gasteiger partial charge in [-0.05, 0) is 25.2 Å². The lowest BCUT2D eigenvalue weighted by Gasteiger charge is -2.21. The van der Waals surface area contributed by atoms with E-state index in [9.17, 15) is 4.79 Å². The molecule has 0 bridgehead atoms. The third-order valence-corrected chi connectivity index (χ3v) is 3.61. The topological polar surface area (TPSA) is 63.2 Å². The molecule has 1 unspecified atom stereocenters. The van der Waals surface area contributed by atoms with Crippen LogP contribution >= 0.6 is 0 Å². The fourth-order valence-electron chi connectivity index (χ4n) is 2.27. The summed E-state index contributed by atoms with van der Waals surface area (Å²) < 4.78 is 26.0. The number of methoxy groups -OCH3 is 4. The van der Waals surface area contributed by atoms with Crippen LogP contribution in [-0.2, 0) is 28.5 Å². The fourth-order valence-corrected chi connectivity index (χ4v) is 2.27. The molecule has 0 amide bonds. The third-order valence-electron chi connectivity index (χ3n) is 3.61. The first-order chi connectivity index (χ1) is 11.4. The molecule has 0 heterocycles. The van der Waals surface area contributed by atoms with E-state index in [1.54, 1.807) is 20.3 Å². The summed E-state index contributed by atoms with van der Waals surface area (Å²) in [5, 5.41) is 0. The van der Waals surface area contributed by atoms with Gasteiger partial charge < -0.3 is 23.7 Å². The fraction of sp³-hybridized carbons (Fsp3) is 0.722. The van der Waals surface area contributed by atoms with E-state index in [2.05, 4.69) is 6.58 Å². The lowest BCUT2D eigenvalue weighted by molar-refractivity contribution is -0.146. The zero-order valence-corrected chi connectivity index (χ0v) is 15.8. The number of rotatable bonds is 13. The summed E-state index contributed by atoms with van der Waals surface area (Å²) in [6.45, 7) is 8.24. The van der Waals surface area contributed by atoms with Crippen LogP contribution in [-0.4, -0.2) is 47.3 Å². The number of ether oxygens (including phenoxy) is 5. The molecule has 0 aliphatic heterocycles. The minimum absolute atomic E-state index is 0.0384. The Balaban J connectivity index is 4.46. The smallest absolute Gasteiger partial charge is 0.316 e. The molecule has 0 fully saturated rings. The van der Waals surface area contributed by atoms with Crippen LogP contribution in [0.1, 0.15) is 33.1 Å². The first kappa shape index (κ1) is 22.5. The standard InChI is InChI=1S/C18H32O6/c1-13(2)17(18(19)23-7)15(20-4)12-14(3)24-11-9-8-10-16(21-5)22-6/h12-13,16-17H,3,8-11H2,1-2,4-7H3/b15-12-. The number of hydrogen-bond acceptors (Lipinski definition) is 6. The Kier molecular flexibility index (Phi) is 12.0. The summed E-state index contributed by atoms with van der Waals surface area (Å²) >= 11 is 0. The summed E-state index contributed by atoms with van der Waals surface area (Å²) in [5.41, 5.74) is 0. The van der Waals surface area contributed by atoms with Gasteiger partial charge in [0.25, 0.3) is 0 Å². The van der Waals surface area contributed by atoms with Crippen LogP contribution < -0.4 is 0 Å². The second-order valence-corrected chi connectivity index (χ2v) is 5.71. The maximum Gasteiger partial charge on any atom is 0.316 e. The second kappa shape index (κ2) is 12.8. The van der Waals surface area contributed by atoms with Gasteiger partial charge in [-0.1, -0.05) is 20.4 Å². The van der Waals surface area contributed by atoms with Crippen LogP contribution in [0.4, 0.5) is 0 Å². The van der Waals surface area contributed by atoms with Crippen LogP contribution in [0.3, 0.4) is 0 Å². The molecule has 0 aromatic rings. The first-order valence-corrected chi connectivity index (χ1v) is 8.11. The molecule has 6 heteroatoms. The summed E-state index contributed by atoms with van der Waals surface area (Å²) in [5.74, 6) is 0.161. The van der Waals surface area contributed by atoms with E-state index in [0.717, 1.165) is 19.3 Å². The summed E-state index contributed by atoms with van der Waals surface area (Å²) in [6.07, 6.45) is 4.04. The van der Waals surface area contributed by atoms with Gasteiger partial charge in [0, 0.05) is 20.3 Å². The van der Waals surface area contributed by atoms with Gasteiger partial charge in [-0.25, -0.2) is 0 Å². The molecule has 24 heavy (non-hydrogen) atoms. The highest BCUT2D eigenvalue weighted by Gasteiger charge is 2.28. The molecule has 1 atom stereocenters. The van der Waals surface area contributed by atoms with Crippen molar-refractivity contribution in [1.29, 1.82) is 0 Å². The predicted molar refractivity (Wildman–Crippen MR) is 92.2 cm³/mol. The highest BCUT2D eigenvalue weighted by Crippen LogP contribution is 2.24. The summed E-state index contributed by atoms with van der Waals surface area (Å²) in [4.78, 5) is 11.9. The Morgan fingerprint density at radius 2 is 1.67 bits per heavy atom. The highest BCUT2D eigenvalue weighted by atomic mass is 16.7. The second-order valence-electron chi connectivity index (χ2n) is 5.71. The number of esters is 1. The van der Waals surface area contributed by atoms with Gasteiger partial charge in [-0.3, -0.25) is 4.79 Å². The van der Waals surface area contributed by atoms with E-state index in [4.69, 9.17) is 23.7 Å². The van der Waals surface area contributed by atoms with Crippen molar-refractivity contribution < 1.29 is 28.5 Å². The predicted octanol–water partition coefficient (Wildman–Crippen LogP) is 3.28. The summed E-state index contributed by atoms with van der Waals surface area (Å²) in [6, 6.07) is 0. The molecule has 0 radical (unpaired) electrons. The Morgan fingerprint density at radius 1 is 1.04 bits per heavy atom. The van der Waals surface area contributed by atoms with Gasteiger partial charge in [0.05, 0.1) is 20.8 Å². The quantitative estimate of drug-likeness (QED) is 0.168. The molecule has 0 aromatic heterocycles. The molecule has 0 aliphatic carbocycles. The Bertz CT molecular complexity index is 398. The minimum atomic E-state index is -0.482. The van der Waals surface area contributed by atoms with Crippen molar-refractivity contribution in [1.82, 2.24) is 0 Å². The van der Waals surface area contributed by atoms with Gasteiger partial charge in [-0.2, -0.15) is 0 Å². The monoisotopic (exact) mass is 344 g/mol. The van der Waals surface area contributed by atoms with E-state index < -0.39 is 5.92 Å². The van der Waals surface area contributed by atoms with Crippen molar-refractivity contribution in [2.24, 2.45) is 11.8 Å². The zero-order chi connectivity index (χ0) is 18.5. The van der Waals surface area contributed by atoms with Crippen molar-refractivity contribution in [3.8, 4) is 0 Å². The van der Waals surface area contributed by atoms with Gasteiger partial charge in [0.1, 0.15) is 17.4 Å². The van der Waals surface area contributed by atoms with Crippen LogP contribution in [0.15, 0.2) is 24.2 Å². The van der Waals surface area contributed by atoms with Crippen molar-refractivity contribution in [2.75, 3.05) is 35.0 Å². The molecule has 0 aromatic carbocycles. The molecule has 0 N–H and O–H groups in total. The van der Waals surface area contributed by atoms with Gasteiger partial charge in [0.15, 0.2) is 6.29 Å². The number of allylic oxidation sites excluding steroid dienone is 1. The zero-order valence-electron chi connectivity index (χ0n) is 15.8. The molecular weight excluding hydrogens is 312 g/mol. The molecule has 0 aliphatic rings. The van der Waals surface area contributed by atoms with Crippen LogP contribution in [0.2, 0.25) is 0 Å². The van der Waals surface area contributed by atoms with Gasteiger partial charge in [-0.15, -0.1) is 0 Å². The molecular formula is C18H32O6. The van der Waals surface area contributed by atoms with Crippen molar-refractivity contribution >= 4 is 5.97 Å². The molecule has 0 saturated heterocycles. The number of unbranched alkanes of at least 4 members (excludes halogenated alkanes) is 1. The third kappa shape index (κ3) is 8.36. The SMILES string of the molecule is C=C(/C=C(\OC)C(C(=O)OC)C(C)C)OCCCCC(OC)OC. The van der Waals surface area contributed by atoms with Crippen molar-refractivity contribution in [2.45, 2.75) is 39.4 Å². The first-order valence-electron chi connectivity index (χ1n) is 8.11. The van der Waals surface area contributed by atoms with E-state index in [0.29, 0.717) is 18.1 Å². The van der Waals surface area contributed by atoms with Crippen molar-refractivity contribution in [3.63, 3.8) is 0 Å². The average molecular weight is 344 g/mol. The summed E-state index contributed by atoms with van der Waals surface area (Å²) in [7, 11) is 6.13. The molecule has 0 spiro atoms. The molecule has 140 valence electrons. The van der Waals surface area contributed by atoms with Crippen LogP contribution in [0.5, 0.6) is 0 Å². The largest absolute Gasteiger partial charge is 0.500 e. The normalized spacial score (nSPS) is 13.1. The van der Waals surface area contributed by atoms with Gasteiger partial charge >= 0.3 is 5.97 Å². The Morgan fingerprint density at radius 3 is 2.12 bits per heavy atom. The average Bonchev–Trinajstić information content (AvgIpc) is 2.56. The number of carbonyl (C=O) groups is 1. The van der Waals surface area contributed by atoms with E-state index in [1.165, 1.54) is 14.2 Å². The van der Waals surface area contributed by atoms with E-state index in [-0.39, 0.29) is 18.2 Å². The minimum Gasteiger partial charge on any atom is -0.500 e. The van der Waals surface area contributed by atoms with Crippen molar-refractivity contribution in [3.05, 3.63) is 24.2 Å². The molecule has 6 nitrogen and oxygen atoms in total. The maximum absolute atomic E-state index is 11.9. The van der Waals surface area contributed by atoms with Crippen LogP contribution in [0, 0.1) is 11.8 Å². The van der Waals surface area contributed by atoms with E-state index in [1.807, 2.05) is 13.8 Å². The molecule has 0 saturated carbocycles. The molecule has 0 rings (SSSR count). The number of hydrogen-bond donors (Lipinski definition) is 0. The lowest BCUT2D eigenvalue weighted by Crippen LogP contribution is -2.24. The Labute approximate surface area is 145 Å². The number of carbonyl (C=O) groups excluding carboxylic acids is 1. The van der Waals surface area contributed by atoms with Gasteiger partial charge in [0.2, 0.25) is 0 Å². The van der Waals surface area contributed by atoms with Crippen LogP contribution in [0.25, 0.3) is 0 Å². The van der Waals surface area contributed by atoms with E-state index >= 15 is 0 Å². The Hall–Kier alpha value is -1.53. The highest BCUT2D eigenvalue weighted by molar-refractivity contribution is 5.75. The lowest BCUT2D eigenvalue weighted by atomic mass is 9.93. The maximum atomic E-state index is 11.9.